The van der Waals surface area contributed by atoms with E-state index in [0.717, 1.165) is 30.6 Å². The first kappa shape index (κ1) is 17.2. The van der Waals surface area contributed by atoms with Crippen molar-refractivity contribution < 1.29 is 14.4 Å². The third-order valence-electron chi connectivity index (χ3n) is 3.67. The first-order valence-corrected chi connectivity index (χ1v) is 8.61. The van der Waals surface area contributed by atoms with Gasteiger partial charge in [-0.2, -0.15) is 0 Å². The molecule has 1 fully saturated rings. The molecule has 7 heteroatoms. The molecule has 0 aromatic carbocycles. The van der Waals surface area contributed by atoms with Crippen LogP contribution in [0.1, 0.15) is 37.0 Å². The first-order valence-electron chi connectivity index (χ1n) is 7.73. The minimum atomic E-state index is -0.452. The molecule has 124 valence electrons. The second-order valence-corrected chi connectivity index (χ2v) is 6.42. The Morgan fingerprint density at radius 2 is 1.96 bits per heavy atom. The maximum absolute atomic E-state index is 11.9. The van der Waals surface area contributed by atoms with E-state index in [1.807, 2.05) is 17.5 Å². The van der Waals surface area contributed by atoms with Crippen molar-refractivity contribution >= 4 is 35.1 Å². The van der Waals surface area contributed by atoms with Gasteiger partial charge in [0.05, 0.1) is 6.54 Å². The molecule has 1 aliphatic carbocycles. The maximum atomic E-state index is 11.9. The van der Waals surface area contributed by atoms with E-state index in [1.165, 1.54) is 23.8 Å². The normalized spacial score (nSPS) is 15.3. The Balaban J connectivity index is 1.62. The molecule has 0 atom stereocenters. The van der Waals surface area contributed by atoms with Crippen LogP contribution in [0.4, 0.5) is 0 Å². The largest absolute Gasteiger partial charge is 0.347 e. The molecule has 2 rings (SSSR count). The molecule has 0 bridgehead atoms. The average molecular weight is 335 g/mol. The first-order chi connectivity index (χ1) is 11.1. The SMILES string of the molecule is O=C(C=Cc1cccs1)NNC(=O)CNC(=O)C1CCCCC1. The third-order valence-corrected chi connectivity index (χ3v) is 4.50. The molecule has 1 saturated carbocycles. The van der Waals surface area contributed by atoms with Crippen molar-refractivity contribution in [2.45, 2.75) is 32.1 Å². The lowest BCUT2D eigenvalue weighted by Crippen LogP contribution is -2.46. The summed E-state index contributed by atoms with van der Waals surface area (Å²) in [6.45, 7) is -0.135. The molecule has 3 N–H and O–H groups in total. The van der Waals surface area contributed by atoms with Crippen molar-refractivity contribution in [3.05, 3.63) is 28.5 Å². The number of thiophene rings is 1. The number of rotatable bonds is 5. The fraction of sp³-hybridized carbons (Fsp3) is 0.438. The highest BCUT2D eigenvalue weighted by Crippen LogP contribution is 2.23. The highest BCUT2D eigenvalue weighted by atomic mass is 32.1. The van der Waals surface area contributed by atoms with Crippen LogP contribution >= 0.6 is 11.3 Å². The standard InChI is InChI=1S/C16H21N3O3S/c20-14(9-8-13-7-4-10-23-13)18-19-15(21)11-17-16(22)12-5-2-1-3-6-12/h4,7-10,12H,1-3,5-6,11H2,(H,17,22)(H,18,20)(H,19,21). The van der Waals surface area contributed by atoms with Crippen molar-refractivity contribution in [3.63, 3.8) is 0 Å². The van der Waals surface area contributed by atoms with Gasteiger partial charge in [-0.3, -0.25) is 25.2 Å². The van der Waals surface area contributed by atoms with Crippen molar-refractivity contribution in [3.8, 4) is 0 Å². The van der Waals surface area contributed by atoms with Gasteiger partial charge in [-0.1, -0.05) is 25.3 Å². The third kappa shape index (κ3) is 6.23. The molecule has 6 nitrogen and oxygen atoms in total. The summed E-state index contributed by atoms with van der Waals surface area (Å²) in [6, 6.07) is 3.77. The number of hydrazine groups is 1. The van der Waals surface area contributed by atoms with Gasteiger partial charge < -0.3 is 5.32 Å². The lowest BCUT2D eigenvalue weighted by molar-refractivity contribution is -0.130. The predicted octanol–water partition coefficient (Wildman–Crippen LogP) is 1.61. The van der Waals surface area contributed by atoms with Crippen LogP contribution in [0.25, 0.3) is 6.08 Å². The Labute approximate surface area is 139 Å². The minimum absolute atomic E-state index is 0.0138. The molecular weight excluding hydrogens is 314 g/mol. The van der Waals surface area contributed by atoms with E-state index in [9.17, 15) is 14.4 Å². The topological polar surface area (TPSA) is 87.3 Å². The monoisotopic (exact) mass is 335 g/mol. The van der Waals surface area contributed by atoms with E-state index in [0.29, 0.717) is 0 Å². The van der Waals surface area contributed by atoms with Crippen LogP contribution in [0.5, 0.6) is 0 Å². The van der Waals surface area contributed by atoms with Gasteiger partial charge in [0, 0.05) is 16.9 Å². The number of hydrogen-bond acceptors (Lipinski definition) is 4. The molecule has 3 amide bonds. The van der Waals surface area contributed by atoms with Crippen LogP contribution in [-0.4, -0.2) is 24.3 Å². The Hall–Kier alpha value is -2.15. The molecule has 23 heavy (non-hydrogen) atoms. The molecule has 0 unspecified atom stereocenters. The lowest BCUT2D eigenvalue weighted by atomic mass is 9.89. The summed E-state index contributed by atoms with van der Waals surface area (Å²) in [5.74, 6) is -0.943. The lowest BCUT2D eigenvalue weighted by Gasteiger charge is -2.20. The van der Waals surface area contributed by atoms with E-state index < -0.39 is 11.8 Å². The van der Waals surface area contributed by atoms with Crippen LogP contribution in [0, 0.1) is 5.92 Å². The summed E-state index contributed by atoms with van der Waals surface area (Å²) in [6.07, 6.45) is 8.09. The Morgan fingerprint density at radius 3 is 2.65 bits per heavy atom. The second kappa shape index (κ2) is 9.09. The van der Waals surface area contributed by atoms with Crippen LogP contribution in [0.15, 0.2) is 23.6 Å². The van der Waals surface area contributed by atoms with Gasteiger partial charge in [-0.05, 0) is 30.4 Å². The summed E-state index contributed by atoms with van der Waals surface area (Å²) in [5.41, 5.74) is 4.55. The highest BCUT2D eigenvalue weighted by molar-refractivity contribution is 7.10. The molecule has 0 radical (unpaired) electrons. The molecule has 1 aromatic heterocycles. The summed E-state index contributed by atoms with van der Waals surface area (Å²) in [5, 5.41) is 4.52. The van der Waals surface area contributed by atoms with Crippen molar-refractivity contribution in [2.24, 2.45) is 5.92 Å². The van der Waals surface area contributed by atoms with Gasteiger partial charge in [-0.25, -0.2) is 0 Å². The van der Waals surface area contributed by atoms with E-state index in [4.69, 9.17) is 0 Å². The number of hydrogen-bond donors (Lipinski definition) is 3. The van der Waals surface area contributed by atoms with Crippen LogP contribution in [0.3, 0.4) is 0 Å². The number of carbonyl (C=O) groups excluding carboxylic acids is 3. The smallest absolute Gasteiger partial charge is 0.262 e. The Kier molecular flexibility index (Phi) is 6.80. The zero-order chi connectivity index (χ0) is 16.5. The molecule has 0 aliphatic heterocycles. The molecule has 1 aromatic rings. The quantitative estimate of drug-likeness (QED) is 0.564. The van der Waals surface area contributed by atoms with Crippen molar-refractivity contribution in [2.75, 3.05) is 6.54 Å². The second-order valence-electron chi connectivity index (χ2n) is 5.44. The average Bonchev–Trinajstić information content (AvgIpc) is 3.10. The molecule has 0 saturated heterocycles. The predicted molar refractivity (Wildman–Crippen MR) is 89.2 cm³/mol. The van der Waals surface area contributed by atoms with Gasteiger partial charge in [0.25, 0.3) is 11.8 Å². The van der Waals surface area contributed by atoms with Crippen molar-refractivity contribution in [1.82, 2.24) is 16.2 Å². The molecule has 1 aliphatic rings. The molecule has 1 heterocycles. The van der Waals surface area contributed by atoms with Gasteiger partial charge in [0.2, 0.25) is 5.91 Å². The maximum Gasteiger partial charge on any atom is 0.262 e. The molecular formula is C16H21N3O3S. The van der Waals surface area contributed by atoms with E-state index >= 15 is 0 Å². The molecule has 0 spiro atoms. The van der Waals surface area contributed by atoms with Crippen LogP contribution in [-0.2, 0) is 14.4 Å². The number of amides is 3. The van der Waals surface area contributed by atoms with Gasteiger partial charge in [-0.15, -0.1) is 11.3 Å². The van der Waals surface area contributed by atoms with E-state index in [2.05, 4.69) is 16.2 Å². The summed E-state index contributed by atoms with van der Waals surface area (Å²) in [7, 11) is 0. The summed E-state index contributed by atoms with van der Waals surface area (Å²) >= 11 is 1.51. The Bertz CT molecular complexity index is 563. The summed E-state index contributed by atoms with van der Waals surface area (Å²) < 4.78 is 0. The zero-order valence-electron chi connectivity index (χ0n) is 12.8. The number of nitrogens with one attached hydrogen (secondary N) is 3. The van der Waals surface area contributed by atoms with E-state index in [1.54, 1.807) is 6.08 Å². The Morgan fingerprint density at radius 1 is 1.17 bits per heavy atom. The van der Waals surface area contributed by atoms with Crippen LogP contribution in [0.2, 0.25) is 0 Å². The van der Waals surface area contributed by atoms with Crippen molar-refractivity contribution in [1.29, 1.82) is 0 Å². The fourth-order valence-corrected chi connectivity index (χ4v) is 3.06. The fourth-order valence-electron chi connectivity index (χ4n) is 2.44. The summed E-state index contributed by atoms with van der Waals surface area (Å²) in [4.78, 5) is 36.0. The minimum Gasteiger partial charge on any atom is -0.347 e. The van der Waals surface area contributed by atoms with E-state index in [-0.39, 0.29) is 18.4 Å². The highest BCUT2D eigenvalue weighted by Gasteiger charge is 2.21. The van der Waals surface area contributed by atoms with Gasteiger partial charge in [0.1, 0.15) is 0 Å². The number of carbonyl (C=O) groups is 3. The van der Waals surface area contributed by atoms with Gasteiger partial charge >= 0.3 is 0 Å². The van der Waals surface area contributed by atoms with Gasteiger partial charge in [0.15, 0.2) is 0 Å². The zero-order valence-corrected chi connectivity index (χ0v) is 13.7. The van der Waals surface area contributed by atoms with Crippen LogP contribution < -0.4 is 16.2 Å².